The second-order valence-corrected chi connectivity index (χ2v) is 6.49. The number of aliphatic imine (C=N–C) groups is 1. The molecule has 1 aromatic heterocycles. The summed E-state index contributed by atoms with van der Waals surface area (Å²) in [6.45, 7) is 3.61. The van der Waals surface area contributed by atoms with Gasteiger partial charge in [-0.2, -0.15) is 5.10 Å². The van der Waals surface area contributed by atoms with Crippen molar-refractivity contribution in [2.75, 3.05) is 27.2 Å². The van der Waals surface area contributed by atoms with Crippen molar-refractivity contribution in [3.8, 4) is 0 Å². The number of likely N-dealkylation sites (tertiary alicyclic amines) is 1. The Labute approximate surface area is 149 Å². The van der Waals surface area contributed by atoms with E-state index in [0.29, 0.717) is 12.6 Å². The van der Waals surface area contributed by atoms with E-state index in [1.807, 2.05) is 14.1 Å². The molecule has 1 saturated heterocycles. The highest BCUT2D eigenvalue weighted by Crippen LogP contribution is 2.17. The Balaban J connectivity index is 1.52. The predicted octanol–water partition coefficient (Wildman–Crippen LogP) is 1.10. The van der Waals surface area contributed by atoms with Crippen LogP contribution < -0.4 is 5.32 Å². The lowest BCUT2D eigenvalue weighted by atomic mass is 10.1. The van der Waals surface area contributed by atoms with Gasteiger partial charge in [0.25, 0.3) is 0 Å². The van der Waals surface area contributed by atoms with Gasteiger partial charge in [0.2, 0.25) is 0 Å². The highest BCUT2D eigenvalue weighted by Gasteiger charge is 2.27. The Morgan fingerprint density at radius 3 is 2.84 bits per heavy atom. The molecule has 0 aliphatic carbocycles. The Morgan fingerprint density at radius 1 is 1.36 bits per heavy atom. The van der Waals surface area contributed by atoms with Gasteiger partial charge in [-0.1, -0.05) is 30.3 Å². The van der Waals surface area contributed by atoms with Gasteiger partial charge < -0.3 is 10.2 Å². The van der Waals surface area contributed by atoms with Gasteiger partial charge in [0.1, 0.15) is 12.2 Å². The fraction of sp³-hybridized carbons (Fsp3) is 0.500. The van der Waals surface area contributed by atoms with Crippen LogP contribution in [-0.2, 0) is 20.1 Å². The summed E-state index contributed by atoms with van der Waals surface area (Å²) in [5.41, 5.74) is 1.35. The number of benzene rings is 1. The molecule has 1 aliphatic rings. The van der Waals surface area contributed by atoms with Crippen LogP contribution in [0.4, 0.5) is 0 Å². The maximum absolute atomic E-state index is 4.43. The molecule has 7 nitrogen and oxygen atoms in total. The first-order valence-corrected chi connectivity index (χ1v) is 8.70. The fourth-order valence-electron chi connectivity index (χ4n) is 3.27. The van der Waals surface area contributed by atoms with E-state index >= 15 is 0 Å². The number of guanidine groups is 1. The topological polar surface area (TPSA) is 61.6 Å². The van der Waals surface area contributed by atoms with Crippen molar-refractivity contribution in [3.63, 3.8) is 0 Å². The van der Waals surface area contributed by atoms with Crippen molar-refractivity contribution in [1.82, 2.24) is 29.9 Å². The zero-order valence-electron chi connectivity index (χ0n) is 15.3. The average Bonchev–Trinajstić information content (AvgIpc) is 3.26. The molecule has 1 fully saturated rings. The summed E-state index contributed by atoms with van der Waals surface area (Å²) in [4.78, 5) is 13.4. The summed E-state index contributed by atoms with van der Waals surface area (Å²) in [5.74, 6) is 1.83. The average molecular weight is 341 g/mol. The molecule has 0 unspecified atom stereocenters. The third-order valence-electron chi connectivity index (χ3n) is 4.78. The van der Waals surface area contributed by atoms with Crippen molar-refractivity contribution in [3.05, 3.63) is 48.0 Å². The summed E-state index contributed by atoms with van der Waals surface area (Å²) >= 11 is 0. The molecule has 7 heteroatoms. The molecule has 25 heavy (non-hydrogen) atoms. The lowest BCUT2D eigenvalue weighted by Gasteiger charge is -2.26. The van der Waals surface area contributed by atoms with Crippen LogP contribution in [0.1, 0.15) is 17.8 Å². The van der Waals surface area contributed by atoms with Gasteiger partial charge in [-0.25, -0.2) is 4.98 Å². The third kappa shape index (κ3) is 4.36. The van der Waals surface area contributed by atoms with E-state index in [4.69, 9.17) is 0 Å². The molecular weight excluding hydrogens is 314 g/mol. The molecule has 1 atom stereocenters. The Bertz CT molecular complexity index is 694. The maximum atomic E-state index is 4.43. The van der Waals surface area contributed by atoms with Crippen molar-refractivity contribution in [2.45, 2.75) is 25.6 Å². The molecule has 134 valence electrons. The number of nitrogens with zero attached hydrogens (tertiary/aromatic N) is 6. The zero-order valence-corrected chi connectivity index (χ0v) is 15.3. The maximum Gasteiger partial charge on any atom is 0.194 e. The first kappa shape index (κ1) is 17.4. The molecule has 0 saturated carbocycles. The van der Waals surface area contributed by atoms with Gasteiger partial charge in [-0.05, 0) is 19.0 Å². The molecule has 1 aliphatic heterocycles. The normalized spacial score (nSPS) is 18.2. The number of hydrogen-bond donors (Lipinski definition) is 1. The lowest BCUT2D eigenvalue weighted by Crippen LogP contribution is -2.42. The van der Waals surface area contributed by atoms with E-state index in [0.717, 1.165) is 37.8 Å². The first-order chi connectivity index (χ1) is 12.2. The molecule has 0 radical (unpaired) electrons. The van der Waals surface area contributed by atoms with Crippen LogP contribution in [0.3, 0.4) is 0 Å². The SMILES string of the molecule is CN=C(NCc1ncnn1C)N1CC[C@@H](N(C)Cc2ccccc2)C1. The summed E-state index contributed by atoms with van der Waals surface area (Å²) in [6.07, 6.45) is 2.72. The van der Waals surface area contributed by atoms with E-state index in [2.05, 4.69) is 67.6 Å². The minimum atomic E-state index is 0.536. The van der Waals surface area contributed by atoms with E-state index in [1.54, 1.807) is 11.0 Å². The van der Waals surface area contributed by atoms with Gasteiger partial charge in [-0.3, -0.25) is 14.6 Å². The molecule has 0 spiro atoms. The van der Waals surface area contributed by atoms with E-state index < -0.39 is 0 Å². The molecule has 0 bridgehead atoms. The quantitative estimate of drug-likeness (QED) is 0.652. The highest BCUT2D eigenvalue weighted by atomic mass is 15.4. The molecule has 3 rings (SSSR count). The highest BCUT2D eigenvalue weighted by molar-refractivity contribution is 5.80. The number of aryl methyl sites for hydroxylation is 1. The minimum Gasteiger partial charge on any atom is -0.349 e. The lowest BCUT2D eigenvalue weighted by molar-refractivity contribution is 0.240. The Hall–Kier alpha value is -2.41. The fourth-order valence-corrected chi connectivity index (χ4v) is 3.27. The summed E-state index contributed by atoms with van der Waals surface area (Å²) < 4.78 is 1.78. The van der Waals surface area contributed by atoms with Crippen molar-refractivity contribution in [1.29, 1.82) is 0 Å². The van der Waals surface area contributed by atoms with Gasteiger partial charge in [0.15, 0.2) is 5.96 Å². The second kappa shape index (κ2) is 8.11. The van der Waals surface area contributed by atoms with Crippen LogP contribution >= 0.6 is 0 Å². The molecule has 2 aromatic rings. The van der Waals surface area contributed by atoms with Crippen LogP contribution in [0.5, 0.6) is 0 Å². The van der Waals surface area contributed by atoms with Gasteiger partial charge in [0.05, 0.1) is 6.54 Å². The van der Waals surface area contributed by atoms with Crippen molar-refractivity contribution < 1.29 is 0 Å². The van der Waals surface area contributed by atoms with Gasteiger partial charge >= 0.3 is 0 Å². The van der Waals surface area contributed by atoms with Gasteiger partial charge in [0, 0.05) is 39.8 Å². The number of rotatable bonds is 5. The van der Waals surface area contributed by atoms with Crippen LogP contribution in [-0.4, -0.2) is 63.8 Å². The van der Waals surface area contributed by atoms with Gasteiger partial charge in [-0.15, -0.1) is 0 Å². The third-order valence-corrected chi connectivity index (χ3v) is 4.78. The summed E-state index contributed by atoms with van der Waals surface area (Å²) in [6, 6.07) is 11.2. The zero-order chi connectivity index (χ0) is 17.6. The second-order valence-electron chi connectivity index (χ2n) is 6.49. The van der Waals surface area contributed by atoms with Crippen LogP contribution in [0.25, 0.3) is 0 Å². The van der Waals surface area contributed by atoms with E-state index in [9.17, 15) is 0 Å². The van der Waals surface area contributed by atoms with Crippen molar-refractivity contribution in [2.24, 2.45) is 12.0 Å². The van der Waals surface area contributed by atoms with Crippen molar-refractivity contribution >= 4 is 5.96 Å². The Morgan fingerprint density at radius 2 is 2.16 bits per heavy atom. The van der Waals surface area contributed by atoms with E-state index in [-0.39, 0.29) is 0 Å². The molecule has 1 N–H and O–H groups in total. The number of nitrogens with one attached hydrogen (secondary N) is 1. The molecular formula is C18H27N7. The predicted molar refractivity (Wildman–Crippen MR) is 99.1 cm³/mol. The smallest absolute Gasteiger partial charge is 0.194 e. The molecule has 2 heterocycles. The standard InChI is InChI=1S/C18H27N7/c1-19-18(20-11-17-21-14-22-24(17)3)25-10-9-16(13-25)23(2)12-15-7-5-4-6-8-15/h4-8,14,16H,9-13H2,1-3H3,(H,19,20)/t16-/m1/s1. The first-order valence-electron chi connectivity index (χ1n) is 8.70. The van der Waals surface area contributed by atoms with Crippen LogP contribution in [0, 0.1) is 0 Å². The largest absolute Gasteiger partial charge is 0.349 e. The minimum absolute atomic E-state index is 0.536. The summed E-state index contributed by atoms with van der Waals surface area (Å²) in [5, 5.41) is 7.50. The molecule has 1 aromatic carbocycles. The van der Waals surface area contributed by atoms with E-state index in [1.165, 1.54) is 5.56 Å². The monoisotopic (exact) mass is 341 g/mol. The van der Waals surface area contributed by atoms with Crippen LogP contribution in [0.2, 0.25) is 0 Å². The summed E-state index contributed by atoms with van der Waals surface area (Å²) in [7, 11) is 5.94. The van der Waals surface area contributed by atoms with Crippen LogP contribution in [0.15, 0.2) is 41.7 Å². The number of likely N-dealkylation sites (N-methyl/N-ethyl adjacent to an activating group) is 1. The number of hydrogen-bond acceptors (Lipinski definition) is 4. The Kier molecular flexibility index (Phi) is 5.65. The number of aromatic nitrogens is 3. The molecule has 0 amide bonds.